The number of carbonyl (C=O) groups is 2. The molecule has 1 atom stereocenters. The van der Waals surface area contributed by atoms with Crippen molar-refractivity contribution in [1.82, 2.24) is 4.98 Å². The number of hydrogen-bond donors (Lipinski definition) is 0. The molecule has 26 heavy (non-hydrogen) atoms. The molecule has 1 aromatic carbocycles. The Morgan fingerprint density at radius 3 is 2.65 bits per heavy atom. The third kappa shape index (κ3) is 2.99. The van der Waals surface area contributed by atoms with Crippen LogP contribution in [-0.4, -0.2) is 16.7 Å². The number of hydrogen-bond acceptors (Lipinski definition) is 3. The molecule has 0 radical (unpaired) electrons. The molecule has 1 amide bonds. The van der Waals surface area contributed by atoms with E-state index in [0.717, 1.165) is 22.2 Å². The standard InChI is InChI=1S/C20H16BrClN2O2/c21-12-8-9-18(23-11-12)24-16-6-3-7-17(25)20(16)14(10-19(24)26)13-4-1-2-5-15(13)22/h1-2,4-5,8-9,11,14H,3,6-7,10H2. The fraction of sp³-hybridized carbons (Fsp3) is 0.250. The summed E-state index contributed by atoms with van der Waals surface area (Å²) in [7, 11) is 0. The van der Waals surface area contributed by atoms with Crippen molar-refractivity contribution in [2.45, 2.75) is 31.6 Å². The van der Waals surface area contributed by atoms with Gasteiger partial charge in [-0.2, -0.15) is 0 Å². The number of Topliss-reactive ketones (excluding diaryl/α,β-unsaturated/α-hetero) is 1. The highest BCUT2D eigenvalue weighted by atomic mass is 79.9. The normalized spacial score (nSPS) is 20.4. The maximum atomic E-state index is 13.0. The first kappa shape index (κ1) is 17.4. The van der Waals surface area contributed by atoms with Crippen LogP contribution in [0.2, 0.25) is 5.02 Å². The fourth-order valence-electron chi connectivity index (χ4n) is 3.78. The van der Waals surface area contributed by atoms with E-state index in [2.05, 4.69) is 20.9 Å². The molecule has 2 aromatic rings. The molecule has 0 saturated heterocycles. The number of anilines is 1. The number of amides is 1. The van der Waals surface area contributed by atoms with Gasteiger partial charge in [0.25, 0.3) is 0 Å². The van der Waals surface area contributed by atoms with Crippen molar-refractivity contribution in [3.8, 4) is 0 Å². The summed E-state index contributed by atoms with van der Waals surface area (Å²) < 4.78 is 0.841. The maximum absolute atomic E-state index is 13.0. The van der Waals surface area contributed by atoms with Crippen LogP contribution in [0.4, 0.5) is 5.82 Å². The van der Waals surface area contributed by atoms with E-state index in [1.54, 1.807) is 23.2 Å². The van der Waals surface area contributed by atoms with E-state index >= 15 is 0 Å². The summed E-state index contributed by atoms with van der Waals surface area (Å²) in [5.41, 5.74) is 2.33. The molecule has 2 heterocycles. The van der Waals surface area contributed by atoms with Crippen molar-refractivity contribution >= 4 is 45.0 Å². The number of carbonyl (C=O) groups excluding carboxylic acids is 2. The Balaban J connectivity index is 1.87. The lowest BCUT2D eigenvalue weighted by Gasteiger charge is -2.37. The van der Waals surface area contributed by atoms with E-state index in [1.165, 1.54) is 0 Å². The van der Waals surface area contributed by atoms with E-state index in [0.29, 0.717) is 29.3 Å². The van der Waals surface area contributed by atoms with E-state index in [1.807, 2.05) is 24.3 Å². The summed E-state index contributed by atoms with van der Waals surface area (Å²) in [6, 6.07) is 11.1. The molecule has 0 fully saturated rings. The predicted octanol–water partition coefficient (Wildman–Crippen LogP) is 5.03. The lowest BCUT2D eigenvalue weighted by molar-refractivity contribution is -0.120. The fourth-order valence-corrected chi connectivity index (χ4v) is 4.28. The minimum absolute atomic E-state index is 0.0572. The number of nitrogens with zero attached hydrogens (tertiary/aromatic N) is 2. The summed E-state index contributed by atoms with van der Waals surface area (Å²) in [5.74, 6) is 0.313. The largest absolute Gasteiger partial charge is 0.294 e. The van der Waals surface area contributed by atoms with Crippen LogP contribution in [-0.2, 0) is 9.59 Å². The Morgan fingerprint density at radius 1 is 1.12 bits per heavy atom. The van der Waals surface area contributed by atoms with Crippen molar-refractivity contribution < 1.29 is 9.59 Å². The molecule has 4 nitrogen and oxygen atoms in total. The number of pyridine rings is 1. The number of rotatable bonds is 2. The zero-order valence-electron chi connectivity index (χ0n) is 13.9. The van der Waals surface area contributed by atoms with E-state index in [9.17, 15) is 9.59 Å². The molecule has 1 aliphatic heterocycles. The van der Waals surface area contributed by atoms with Gasteiger partial charge >= 0.3 is 0 Å². The lowest BCUT2D eigenvalue weighted by Crippen LogP contribution is -2.41. The molecule has 4 rings (SSSR count). The van der Waals surface area contributed by atoms with Crippen LogP contribution in [0.5, 0.6) is 0 Å². The molecule has 0 N–H and O–H groups in total. The molecule has 1 aromatic heterocycles. The minimum Gasteiger partial charge on any atom is -0.294 e. The molecule has 0 spiro atoms. The van der Waals surface area contributed by atoms with Gasteiger partial charge in [-0.3, -0.25) is 14.5 Å². The highest BCUT2D eigenvalue weighted by Crippen LogP contribution is 2.44. The molecular weight excluding hydrogens is 416 g/mol. The second-order valence-corrected chi connectivity index (χ2v) is 7.80. The van der Waals surface area contributed by atoms with Crippen molar-refractivity contribution in [3.63, 3.8) is 0 Å². The van der Waals surface area contributed by atoms with Gasteiger partial charge in [0, 0.05) is 45.7 Å². The zero-order valence-corrected chi connectivity index (χ0v) is 16.3. The number of ketones is 1. The lowest BCUT2D eigenvalue weighted by atomic mass is 9.77. The van der Waals surface area contributed by atoms with E-state index in [4.69, 9.17) is 11.6 Å². The predicted molar refractivity (Wildman–Crippen MR) is 104 cm³/mol. The summed E-state index contributed by atoms with van der Waals surface area (Å²) in [4.78, 5) is 31.8. The topological polar surface area (TPSA) is 50.3 Å². The van der Waals surface area contributed by atoms with Gasteiger partial charge in [-0.15, -0.1) is 0 Å². The molecule has 0 saturated carbocycles. The Morgan fingerprint density at radius 2 is 1.92 bits per heavy atom. The highest BCUT2D eigenvalue weighted by Gasteiger charge is 2.40. The smallest absolute Gasteiger partial charge is 0.233 e. The van der Waals surface area contributed by atoms with Crippen LogP contribution in [0.25, 0.3) is 0 Å². The van der Waals surface area contributed by atoms with Crippen LogP contribution < -0.4 is 4.90 Å². The van der Waals surface area contributed by atoms with E-state index < -0.39 is 0 Å². The number of allylic oxidation sites excluding steroid dienone is 2. The van der Waals surface area contributed by atoms with Crippen molar-refractivity contribution in [2.75, 3.05) is 4.90 Å². The average molecular weight is 432 g/mol. The number of aromatic nitrogens is 1. The van der Waals surface area contributed by atoms with Crippen LogP contribution in [0.1, 0.15) is 37.2 Å². The quantitative estimate of drug-likeness (QED) is 0.670. The van der Waals surface area contributed by atoms with Crippen molar-refractivity contribution in [3.05, 3.63) is 68.9 Å². The Bertz CT molecular complexity index is 924. The van der Waals surface area contributed by atoms with Gasteiger partial charge in [0.05, 0.1) is 0 Å². The molecule has 6 heteroatoms. The molecule has 1 aliphatic carbocycles. The van der Waals surface area contributed by atoms with Gasteiger partial charge in [0.1, 0.15) is 5.82 Å². The second kappa shape index (κ2) is 6.97. The van der Waals surface area contributed by atoms with Gasteiger partial charge < -0.3 is 0 Å². The molecule has 1 unspecified atom stereocenters. The minimum atomic E-state index is -0.286. The van der Waals surface area contributed by atoms with Crippen LogP contribution in [0.3, 0.4) is 0 Å². The van der Waals surface area contributed by atoms with Crippen molar-refractivity contribution in [1.29, 1.82) is 0 Å². The second-order valence-electron chi connectivity index (χ2n) is 6.48. The molecule has 0 bridgehead atoms. The first-order valence-electron chi connectivity index (χ1n) is 8.51. The van der Waals surface area contributed by atoms with Gasteiger partial charge in [-0.25, -0.2) is 4.98 Å². The summed E-state index contributed by atoms with van der Waals surface area (Å²) in [5, 5.41) is 0.589. The number of halogens is 2. The van der Waals surface area contributed by atoms with Crippen LogP contribution >= 0.6 is 27.5 Å². The summed E-state index contributed by atoms with van der Waals surface area (Å²) in [6.45, 7) is 0. The number of benzene rings is 1. The van der Waals surface area contributed by atoms with Gasteiger partial charge in [0.15, 0.2) is 5.78 Å². The molecular formula is C20H16BrClN2O2. The highest BCUT2D eigenvalue weighted by molar-refractivity contribution is 9.10. The van der Waals surface area contributed by atoms with Gasteiger partial charge in [-0.05, 0) is 52.5 Å². The Labute approximate surface area is 165 Å². The van der Waals surface area contributed by atoms with E-state index in [-0.39, 0.29) is 24.0 Å². The van der Waals surface area contributed by atoms with Gasteiger partial charge in [-0.1, -0.05) is 29.8 Å². The van der Waals surface area contributed by atoms with Crippen molar-refractivity contribution in [2.24, 2.45) is 0 Å². The SMILES string of the molecule is O=C1CCCC2=C1C(c1ccccc1Cl)CC(=O)N2c1ccc(Br)cn1. The van der Waals surface area contributed by atoms with Crippen LogP contribution in [0.15, 0.2) is 58.3 Å². The first-order valence-corrected chi connectivity index (χ1v) is 9.68. The Hall–Kier alpha value is -1.98. The monoisotopic (exact) mass is 430 g/mol. The molecule has 132 valence electrons. The van der Waals surface area contributed by atoms with Gasteiger partial charge in [0.2, 0.25) is 5.91 Å². The third-order valence-corrected chi connectivity index (χ3v) is 5.71. The summed E-state index contributed by atoms with van der Waals surface area (Å²) >= 11 is 9.74. The van der Waals surface area contributed by atoms with Crippen LogP contribution in [0, 0.1) is 0 Å². The maximum Gasteiger partial charge on any atom is 0.233 e. The first-order chi connectivity index (χ1) is 12.6. The Kier molecular flexibility index (Phi) is 4.67. The summed E-state index contributed by atoms with van der Waals surface area (Å²) in [6.07, 6.45) is 3.81. The molecule has 2 aliphatic rings. The zero-order chi connectivity index (χ0) is 18.3. The third-order valence-electron chi connectivity index (χ3n) is 4.90. The average Bonchev–Trinajstić information content (AvgIpc) is 2.63.